The minimum atomic E-state index is -0.644. The second kappa shape index (κ2) is 6.55. The van der Waals surface area contributed by atoms with Gasteiger partial charge in [0.1, 0.15) is 5.82 Å². The van der Waals surface area contributed by atoms with Gasteiger partial charge in [-0.1, -0.05) is 13.8 Å². The van der Waals surface area contributed by atoms with E-state index in [2.05, 4.69) is 23.6 Å². The van der Waals surface area contributed by atoms with Gasteiger partial charge in [0.25, 0.3) is 0 Å². The van der Waals surface area contributed by atoms with Crippen LogP contribution in [0.1, 0.15) is 32.4 Å². The predicted molar refractivity (Wildman–Crippen MR) is 80.5 cm³/mol. The molecule has 1 aromatic rings. The molecule has 1 aromatic carbocycles. The quantitative estimate of drug-likeness (QED) is 0.918. The van der Waals surface area contributed by atoms with Crippen molar-refractivity contribution in [3.05, 3.63) is 29.6 Å². The molecule has 3 nitrogen and oxygen atoms in total. The number of benzene rings is 1. The van der Waals surface area contributed by atoms with Crippen molar-refractivity contribution in [3.8, 4) is 0 Å². The van der Waals surface area contributed by atoms with Crippen LogP contribution < -0.4 is 4.90 Å². The zero-order valence-corrected chi connectivity index (χ0v) is 12.6. The summed E-state index contributed by atoms with van der Waals surface area (Å²) >= 11 is 0. The Morgan fingerprint density at radius 2 is 1.80 bits per heavy atom. The molecule has 1 unspecified atom stereocenters. The Morgan fingerprint density at radius 1 is 1.15 bits per heavy atom. The monoisotopic (exact) mass is 280 g/mol. The third-order valence-electron chi connectivity index (χ3n) is 3.78. The summed E-state index contributed by atoms with van der Waals surface area (Å²) in [7, 11) is 0. The maximum absolute atomic E-state index is 13.3. The summed E-state index contributed by atoms with van der Waals surface area (Å²) in [6.45, 7) is 11.2. The van der Waals surface area contributed by atoms with E-state index in [1.165, 1.54) is 12.1 Å². The lowest BCUT2D eigenvalue weighted by atomic mass is 10.1. The number of rotatable bonds is 4. The average molecular weight is 280 g/mol. The summed E-state index contributed by atoms with van der Waals surface area (Å²) in [6.07, 6.45) is -0.644. The van der Waals surface area contributed by atoms with Crippen LogP contribution in [0.5, 0.6) is 0 Å². The van der Waals surface area contributed by atoms with E-state index in [0.29, 0.717) is 11.5 Å². The Hall–Kier alpha value is -1.13. The first-order valence-electron chi connectivity index (χ1n) is 7.42. The number of nitrogens with zero attached hydrogens (tertiary/aromatic N) is 2. The van der Waals surface area contributed by atoms with Crippen molar-refractivity contribution in [1.82, 2.24) is 4.90 Å². The Labute approximate surface area is 121 Å². The highest BCUT2D eigenvalue weighted by atomic mass is 19.1. The van der Waals surface area contributed by atoms with Crippen LogP contribution in [-0.2, 0) is 0 Å². The summed E-state index contributed by atoms with van der Waals surface area (Å²) in [6, 6.07) is 4.71. The van der Waals surface area contributed by atoms with Gasteiger partial charge in [-0.3, -0.25) is 4.90 Å². The molecule has 1 N–H and O–H groups in total. The van der Waals surface area contributed by atoms with Crippen molar-refractivity contribution >= 4 is 5.69 Å². The number of aliphatic hydroxyl groups excluding tert-OH is 1. The molecule has 0 saturated carbocycles. The zero-order chi connectivity index (χ0) is 14.7. The highest BCUT2D eigenvalue weighted by Gasteiger charge is 2.21. The van der Waals surface area contributed by atoms with Gasteiger partial charge in [-0.2, -0.15) is 0 Å². The second-order valence-corrected chi connectivity index (χ2v) is 6.06. The molecule has 0 spiro atoms. The van der Waals surface area contributed by atoms with E-state index in [1.807, 2.05) is 0 Å². The smallest absolute Gasteiger partial charge is 0.123 e. The number of piperazine rings is 1. The third-order valence-corrected chi connectivity index (χ3v) is 3.78. The van der Waals surface area contributed by atoms with Crippen molar-refractivity contribution in [3.63, 3.8) is 0 Å². The fourth-order valence-corrected chi connectivity index (χ4v) is 2.84. The molecule has 0 aromatic heterocycles. The molecule has 0 aliphatic carbocycles. The zero-order valence-electron chi connectivity index (χ0n) is 12.6. The molecule has 4 heteroatoms. The van der Waals surface area contributed by atoms with Crippen molar-refractivity contribution in [2.45, 2.75) is 26.9 Å². The molecule has 1 atom stereocenters. The summed E-state index contributed by atoms with van der Waals surface area (Å²) in [5.41, 5.74) is 1.65. The van der Waals surface area contributed by atoms with Crippen molar-refractivity contribution in [1.29, 1.82) is 0 Å². The Kier molecular flexibility index (Phi) is 5.00. The van der Waals surface area contributed by atoms with E-state index in [1.54, 1.807) is 13.0 Å². The minimum absolute atomic E-state index is 0.289. The van der Waals surface area contributed by atoms with Crippen molar-refractivity contribution < 1.29 is 9.50 Å². The van der Waals surface area contributed by atoms with Gasteiger partial charge in [0, 0.05) is 44.0 Å². The van der Waals surface area contributed by atoms with E-state index in [9.17, 15) is 9.50 Å². The second-order valence-electron chi connectivity index (χ2n) is 6.06. The maximum Gasteiger partial charge on any atom is 0.123 e. The highest BCUT2D eigenvalue weighted by molar-refractivity contribution is 5.55. The molecule has 0 amide bonds. The standard InChI is InChI=1S/C16H25FN2O/c1-12(2)11-18-6-8-19(9-7-18)16-5-4-14(17)10-15(16)13(3)20/h4-5,10,12-13,20H,6-9,11H2,1-3H3. The fraction of sp³-hybridized carbons (Fsp3) is 0.625. The molecule has 0 radical (unpaired) electrons. The molecule has 1 aliphatic heterocycles. The van der Waals surface area contributed by atoms with Gasteiger partial charge in [-0.15, -0.1) is 0 Å². The number of hydrogen-bond donors (Lipinski definition) is 1. The maximum atomic E-state index is 13.3. The van der Waals surface area contributed by atoms with E-state index in [0.717, 1.165) is 38.4 Å². The summed E-state index contributed by atoms with van der Waals surface area (Å²) in [5, 5.41) is 9.83. The lowest BCUT2D eigenvalue weighted by Gasteiger charge is -2.38. The van der Waals surface area contributed by atoms with E-state index in [4.69, 9.17) is 0 Å². The number of halogens is 1. The van der Waals surface area contributed by atoms with Crippen LogP contribution in [0.25, 0.3) is 0 Å². The Balaban J connectivity index is 2.07. The predicted octanol–water partition coefficient (Wildman–Crippen LogP) is 2.66. The van der Waals surface area contributed by atoms with Crippen LogP contribution in [0.15, 0.2) is 18.2 Å². The van der Waals surface area contributed by atoms with Crippen molar-refractivity contribution in [2.24, 2.45) is 5.92 Å². The lowest BCUT2D eigenvalue weighted by molar-refractivity contribution is 0.198. The molecule has 0 bridgehead atoms. The molecule has 112 valence electrons. The van der Waals surface area contributed by atoms with Gasteiger partial charge in [-0.05, 0) is 31.0 Å². The molecular formula is C16H25FN2O. The van der Waals surface area contributed by atoms with E-state index in [-0.39, 0.29) is 5.82 Å². The van der Waals surface area contributed by atoms with Crippen LogP contribution in [-0.4, -0.2) is 42.7 Å². The largest absolute Gasteiger partial charge is 0.389 e. The number of anilines is 1. The topological polar surface area (TPSA) is 26.7 Å². The van der Waals surface area contributed by atoms with Gasteiger partial charge in [0.2, 0.25) is 0 Å². The van der Waals surface area contributed by atoms with Gasteiger partial charge in [-0.25, -0.2) is 4.39 Å². The SMILES string of the molecule is CC(C)CN1CCN(c2ccc(F)cc2C(C)O)CC1. The number of aliphatic hydroxyl groups is 1. The van der Waals surface area contributed by atoms with Gasteiger partial charge < -0.3 is 10.0 Å². The first-order valence-corrected chi connectivity index (χ1v) is 7.42. The third kappa shape index (κ3) is 3.70. The van der Waals surface area contributed by atoms with Gasteiger partial charge >= 0.3 is 0 Å². The Bertz CT molecular complexity index is 440. The first-order chi connectivity index (χ1) is 9.47. The minimum Gasteiger partial charge on any atom is -0.389 e. The summed E-state index contributed by atoms with van der Waals surface area (Å²) in [5.74, 6) is 0.392. The highest BCUT2D eigenvalue weighted by Crippen LogP contribution is 2.28. The average Bonchev–Trinajstić information content (AvgIpc) is 2.39. The van der Waals surface area contributed by atoms with Gasteiger partial charge in [0.05, 0.1) is 6.10 Å². The van der Waals surface area contributed by atoms with Crippen LogP contribution in [0.2, 0.25) is 0 Å². The molecule has 1 heterocycles. The molecule has 2 rings (SSSR count). The number of hydrogen-bond acceptors (Lipinski definition) is 3. The lowest BCUT2D eigenvalue weighted by Crippen LogP contribution is -2.47. The fourth-order valence-electron chi connectivity index (χ4n) is 2.84. The van der Waals surface area contributed by atoms with Gasteiger partial charge in [0.15, 0.2) is 0 Å². The van der Waals surface area contributed by atoms with E-state index < -0.39 is 6.10 Å². The summed E-state index contributed by atoms with van der Waals surface area (Å²) < 4.78 is 13.3. The molecule has 20 heavy (non-hydrogen) atoms. The van der Waals surface area contributed by atoms with Crippen LogP contribution in [0.3, 0.4) is 0 Å². The molecular weight excluding hydrogens is 255 g/mol. The van der Waals surface area contributed by atoms with E-state index >= 15 is 0 Å². The van der Waals surface area contributed by atoms with Crippen LogP contribution in [0.4, 0.5) is 10.1 Å². The normalized spacial score (nSPS) is 18.6. The molecule has 1 aliphatic rings. The van der Waals surface area contributed by atoms with Crippen molar-refractivity contribution in [2.75, 3.05) is 37.6 Å². The molecule has 1 fully saturated rings. The molecule has 1 saturated heterocycles. The Morgan fingerprint density at radius 3 is 2.35 bits per heavy atom. The van der Waals surface area contributed by atoms with Crippen LogP contribution >= 0.6 is 0 Å². The first kappa shape index (κ1) is 15.3. The summed E-state index contributed by atoms with van der Waals surface area (Å²) in [4.78, 5) is 4.71. The van der Waals surface area contributed by atoms with Crippen LogP contribution in [0, 0.1) is 11.7 Å².